The number of likely N-dealkylation sites (tertiary alicyclic amines) is 1. The molecule has 5 rings (SSSR count). The molecule has 1 saturated heterocycles. The minimum absolute atomic E-state index is 0.000343. The zero-order valence-corrected chi connectivity index (χ0v) is 32.4. The summed E-state index contributed by atoms with van der Waals surface area (Å²) in [6, 6.07) is -1.82. The molecule has 0 aromatic rings. The van der Waals surface area contributed by atoms with Gasteiger partial charge in [0, 0.05) is 43.2 Å². The number of carbonyl (C=O) groups is 7. The first-order chi connectivity index (χ1) is 24.8. The van der Waals surface area contributed by atoms with Crippen LogP contribution in [0.4, 0.5) is 0 Å². The van der Waals surface area contributed by atoms with Crippen LogP contribution in [-0.2, 0) is 33.6 Å². The predicted octanol–water partition coefficient (Wildman–Crippen LogP) is 6.21. The normalized spacial score (nSPS) is 25.8. The molecule has 2 N–H and O–H groups in total. The first kappa shape index (κ1) is 40.3. The summed E-state index contributed by atoms with van der Waals surface area (Å²) in [5, 5.41) is 5.98. The van der Waals surface area contributed by atoms with Crippen molar-refractivity contribution >= 4 is 40.9 Å². The van der Waals surface area contributed by atoms with Gasteiger partial charge in [-0.1, -0.05) is 79.1 Å². The fourth-order valence-corrected chi connectivity index (χ4v) is 9.72. The summed E-state index contributed by atoms with van der Waals surface area (Å²) in [4.78, 5) is 97.7. The number of ketones is 4. The number of Topliss-reactive ketones (excluding diaryl/α,β-unsaturated/α-hetero) is 4. The Morgan fingerprint density at radius 1 is 0.750 bits per heavy atom. The molecule has 0 aromatic carbocycles. The second-order valence-corrected chi connectivity index (χ2v) is 18.1. The Morgan fingerprint density at radius 2 is 1.38 bits per heavy atom. The molecule has 5 fully saturated rings. The van der Waals surface area contributed by atoms with E-state index in [4.69, 9.17) is 0 Å². The van der Waals surface area contributed by atoms with Crippen molar-refractivity contribution in [1.82, 2.24) is 15.5 Å². The van der Waals surface area contributed by atoms with Gasteiger partial charge in [0.1, 0.15) is 6.04 Å². The van der Waals surface area contributed by atoms with E-state index in [2.05, 4.69) is 10.6 Å². The lowest BCUT2D eigenvalue weighted by Gasteiger charge is -2.40. The molecule has 290 valence electrons. The highest BCUT2D eigenvalue weighted by Gasteiger charge is 2.51. The van der Waals surface area contributed by atoms with E-state index < -0.39 is 46.8 Å². The number of rotatable bonds is 17. The Bertz CT molecular complexity index is 1340. The second-order valence-electron chi connectivity index (χ2n) is 18.1. The average molecular weight is 724 g/mol. The van der Waals surface area contributed by atoms with Gasteiger partial charge in [0.05, 0.1) is 6.04 Å². The van der Waals surface area contributed by atoms with Crippen LogP contribution in [0, 0.1) is 35.0 Å². The summed E-state index contributed by atoms with van der Waals surface area (Å²) in [6.07, 6.45) is 15.6. The minimum atomic E-state index is -0.960. The van der Waals surface area contributed by atoms with E-state index in [1.54, 1.807) is 4.90 Å². The molecule has 10 nitrogen and oxygen atoms in total. The Kier molecular flexibility index (Phi) is 13.9. The van der Waals surface area contributed by atoms with E-state index >= 15 is 0 Å². The smallest absolute Gasteiger partial charge is 0.287 e. The van der Waals surface area contributed by atoms with E-state index in [-0.39, 0.29) is 72.5 Å². The molecule has 0 aromatic heterocycles. The minimum Gasteiger partial charge on any atom is -0.347 e. The van der Waals surface area contributed by atoms with Crippen LogP contribution in [0.2, 0.25) is 0 Å². The van der Waals surface area contributed by atoms with E-state index in [9.17, 15) is 33.6 Å². The quantitative estimate of drug-likeness (QED) is 0.170. The molecule has 4 aliphatic carbocycles. The van der Waals surface area contributed by atoms with Gasteiger partial charge in [-0.25, -0.2) is 0 Å². The van der Waals surface area contributed by atoms with Gasteiger partial charge >= 0.3 is 0 Å². The zero-order chi connectivity index (χ0) is 37.6. The molecule has 10 heteroatoms. The van der Waals surface area contributed by atoms with Crippen LogP contribution < -0.4 is 10.6 Å². The highest BCUT2D eigenvalue weighted by Crippen LogP contribution is 2.42. The Labute approximate surface area is 311 Å². The van der Waals surface area contributed by atoms with E-state index in [0.29, 0.717) is 19.3 Å². The van der Waals surface area contributed by atoms with E-state index in [0.717, 1.165) is 96.3 Å². The average Bonchev–Trinajstić information content (AvgIpc) is 3.61. The molecular formula is C42H65N3O7. The van der Waals surface area contributed by atoms with Crippen molar-refractivity contribution in [3.8, 4) is 0 Å². The lowest BCUT2D eigenvalue weighted by molar-refractivity contribution is -0.148. The van der Waals surface area contributed by atoms with Crippen LogP contribution in [0.5, 0.6) is 0 Å². The molecular weight excluding hydrogens is 658 g/mol. The van der Waals surface area contributed by atoms with Crippen molar-refractivity contribution < 1.29 is 33.6 Å². The van der Waals surface area contributed by atoms with Crippen LogP contribution in [-0.4, -0.2) is 69.9 Å². The molecule has 4 saturated carbocycles. The van der Waals surface area contributed by atoms with Gasteiger partial charge in [0.15, 0.2) is 11.6 Å². The molecule has 6 atom stereocenters. The molecule has 0 spiro atoms. The highest BCUT2D eigenvalue weighted by atomic mass is 16.2. The van der Waals surface area contributed by atoms with Gasteiger partial charge in [-0.05, 0) is 87.4 Å². The molecule has 0 radical (unpaired) electrons. The fraction of sp³-hybridized carbons (Fsp3) is 0.833. The maximum atomic E-state index is 14.9. The van der Waals surface area contributed by atoms with E-state index in [1.165, 1.54) is 0 Å². The van der Waals surface area contributed by atoms with Crippen molar-refractivity contribution in [2.45, 2.75) is 187 Å². The number of fused-ring (bicyclic) bond motifs is 1. The SMILES string of the molecule is CCC[C@H](CC(=O)[C@@H]1C[C@@H]2CCCC[C@@H]2N1C(=O)[C@@H](NC(=O)[C@@H](CC(=O)C(=O)NC1CCCC1)C1CCCCC1)C(C)(C)C)C(=O)C(=O)CC1CC1. The van der Waals surface area contributed by atoms with Gasteiger partial charge in [-0.15, -0.1) is 0 Å². The molecule has 1 aliphatic heterocycles. The number of nitrogens with one attached hydrogen (secondary N) is 2. The highest BCUT2D eigenvalue weighted by molar-refractivity contribution is 6.38. The van der Waals surface area contributed by atoms with Crippen LogP contribution in [0.25, 0.3) is 0 Å². The van der Waals surface area contributed by atoms with Gasteiger partial charge in [0.2, 0.25) is 23.4 Å². The maximum Gasteiger partial charge on any atom is 0.287 e. The van der Waals surface area contributed by atoms with Crippen LogP contribution >= 0.6 is 0 Å². The number of nitrogens with zero attached hydrogens (tertiary/aromatic N) is 1. The lowest BCUT2D eigenvalue weighted by Crippen LogP contribution is -2.60. The standard InChI is InChI=1S/C42H65N3O7/c1-5-13-29(37(49)35(47)22-26-20-21-26)24-34(46)33-23-28-16-9-12-19-32(28)45(33)41(52)38(42(2,3)4)44-39(50)31(27-14-7-6-8-15-27)25-36(48)40(51)43-30-17-10-11-18-30/h26-33,38H,5-25H2,1-4H3,(H,43,51)(H,44,50)/t28-,29+,31-,32-,33-,38+/m0/s1. The van der Waals surface area contributed by atoms with Gasteiger partial charge in [-0.2, -0.15) is 0 Å². The summed E-state index contributed by atoms with van der Waals surface area (Å²) >= 11 is 0. The largest absolute Gasteiger partial charge is 0.347 e. The van der Waals surface area contributed by atoms with Crippen molar-refractivity contribution in [1.29, 1.82) is 0 Å². The van der Waals surface area contributed by atoms with Crippen LogP contribution in [0.3, 0.4) is 0 Å². The predicted molar refractivity (Wildman–Crippen MR) is 198 cm³/mol. The van der Waals surface area contributed by atoms with Crippen molar-refractivity contribution in [2.24, 2.45) is 35.0 Å². The second kappa shape index (κ2) is 17.9. The Balaban J connectivity index is 1.35. The monoisotopic (exact) mass is 723 g/mol. The lowest BCUT2D eigenvalue weighted by atomic mass is 9.76. The molecule has 0 unspecified atom stereocenters. The topological polar surface area (TPSA) is 147 Å². The summed E-state index contributed by atoms with van der Waals surface area (Å²) in [7, 11) is 0. The summed E-state index contributed by atoms with van der Waals surface area (Å²) in [5.74, 6) is -3.92. The van der Waals surface area contributed by atoms with E-state index in [1.807, 2.05) is 27.7 Å². The molecule has 3 amide bonds. The van der Waals surface area contributed by atoms with Crippen LogP contribution in [0.1, 0.15) is 163 Å². The number of hydrogen-bond donors (Lipinski definition) is 2. The first-order valence-electron chi connectivity index (χ1n) is 20.8. The Morgan fingerprint density at radius 3 is 2.02 bits per heavy atom. The third-order valence-corrected chi connectivity index (χ3v) is 12.9. The number of carbonyl (C=O) groups excluding carboxylic acids is 7. The summed E-state index contributed by atoms with van der Waals surface area (Å²) in [5.41, 5.74) is -0.718. The van der Waals surface area contributed by atoms with Gasteiger partial charge in [0.25, 0.3) is 5.91 Å². The maximum absolute atomic E-state index is 14.9. The van der Waals surface area contributed by atoms with Crippen molar-refractivity contribution in [2.75, 3.05) is 0 Å². The van der Waals surface area contributed by atoms with Gasteiger partial charge < -0.3 is 15.5 Å². The van der Waals surface area contributed by atoms with Gasteiger partial charge in [-0.3, -0.25) is 33.6 Å². The molecule has 52 heavy (non-hydrogen) atoms. The molecule has 0 bridgehead atoms. The fourth-order valence-electron chi connectivity index (χ4n) is 9.72. The third kappa shape index (κ3) is 10.2. The molecule has 5 aliphatic rings. The summed E-state index contributed by atoms with van der Waals surface area (Å²) < 4.78 is 0. The Hall–Kier alpha value is -2.91. The number of hydrogen-bond acceptors (Lipinski definition) is 7. The zero-order valence-electron chi connectivity index (χ0n) is 32.4. The number of amides is 3. The van der Waals surface area contributed by atoms with Crippen molar-refractivity contribution in [3.63, 3.8) is 0 Å². The van der Waals surface area contributed by atoms with Crippen LogP contribution in [0.15, 0.2) is 0 Å². The summed E-state index contributed by atoms with van der Waals surface area (Å²) in [6.45, 7) is 7.65. The third-order valence-electron chi connectivity index (χ3n) is 12.9. The molecule has 1 heterocycles. The first-order valence-corrected chi connectivity index (χ1v) is 20.8. The van der Waals surface area contributed by atoms with Crippen molar-refractivity contribution in [3.05, 3.63) is 0 Å².